The first kappa shape index (κ1) is 15.6. The number of carboxylic acids is 1. The standard InChI is InChI=1S/C9H18N2O6/c1-16-4-5-17-3-2-10-9(15)11-7(6-12)8(13)14/h7,12H,2-6H2,1H3,(H,13,14)(H2,10,11,15). The van der Waals surface area contributed by atoms with Crippen LogP contribution in [0.5, 0.6) is 0 Å². The molecular formula is C9H18N2O6. The number of aliphatic hydroxyl groups is 1. The molecule has 8 nitrogen and oxygen atoms in total. The Morgan fingerprint density at radius 3 is 2.53 bits per heavy atom. The molecule has 0 spiro atoms. The van der Waals surface area contributed by atoms with Gasteiger partial charge in [0.15, 0.2) is 6.04 Å². The second kappa shape index (κ2) is 9.82. The van der Waals surface area contributed by atoms with E-state index in [-0.39, 0.29) is 6.54 Å². The van der Waals surface area contributed by atoms with Crippen LogP contribution in [0.25, 0.3) is 0 Å². The van der Waals surface area contributed by atoms with Crippen molar-refractivity contribution in [2.45, 2.75) is 6.04 Å². The molecule has 0 rings (SSSR count). The van der Waals surface area contributed by atoms with Gasteiger partial charge >= 0.3 is 12.0 Å². The lowest BCUT2D eigenvalue weighted by molar-refractivity contribution is -0.140. The third-order valence-electron chi connectivity index (χ3n) is 1.75. The van der Waals surface area contributed by atoms with Gasteiger partial charge in [0.25, 0.3) is 0 Å². The van der Waals surface area contributed by atoms with Crippen LogP contribution in [0.15, 0.2) is 0 Å². The Morgan fingerprint density at radius 2 is 2.00 bits per heavy atom. The number of rotatable bonds is 9. The number of aliphatic hydroxyl groups excluding tert-OH is 1. The normalized spacial score (nSPS) is 11.9. The molecule has 0 aliphatic heterocycles. The Morgan fingerprint density at radius 1 is 1.29 bits per heavy atom. The summed E-state index contributed by atoms with van der Waals surface area (Å²) in [5, 5.41) is 21.7. The second-order valence-electron chi connectivity index (χ2n) is 3.08. The smallest absolute Gasteiger partial charge is 0.328 e. The topological polar surface area (TPSA) is 117 Å². The van der Waals surface area contributed by atoms with Gasteiger partial charge < -0.3 is 30.3 Å². The zero-order valence-electron chi connectivity index (χ0n) is 9.64. The molecule has 0 aliphatic rings. The quantitative estimate of drug-likeness (QED) is 0.366. The van der Waals surface area contributed by atoms with Crippen molar-refractivity contribution in [3.05, 3.63) is 0 Å². The molecule has 17 heavy (non-hydrogen) atoms. The monoisotopic (exact) mass is 250 g/mol. The predicted molar refractivity (Wildman–Crippen MR) is 57.7 cm³/mol. The average Bonchev–Trinajstić information content (AvgIpc) is 2.30. The minimum Gasteiger partial charge on any atom is -0.480 e. The SMILES string of the molecule is COCCOCCNC(=O)NC(CO)C(=O)O. The number of carbonyl (C=O) groups is 2. The molecule has 0 saturated heterocycles. The summed E-state index contributed by atoms with van der Waals surface area (Å²) in [4.78, 5) is 21.6. The Hall–Kier alpha value is -1.38. The third-order valence-corrected chi connectivity index (χ3v) is 1.75. The highest BCUT2D eigenvalue weighted by molar-refractivity contribution is 5.82. The van der Waals surface area contributed by atoms with E-state index in [1.54, 1.807) is 7.11 Å². The van der Waals surface area contributed by atoms with Crippen LogP contribution >= 0.6 is 0 Å². The molecule has 0 radical (unpaired) electrons. The number of carboxylic acid groups (broad SMARTS) is 1. The second-order valence-corrected chi connectivity index (χ2v) is 3.08. The van der Waals surface area contributed by atoms with Gasteiger partial charge in [-0.25, -0.2) is 9.59 Å². The Bertz CT molecular complexity index is 236. The molecule has 0 fully saturated rings. The van der Waals surface area contributed by atoms with Crippen LogP contribution in [0.2, 0.25) is 0 Å². The zero-order chi connectivity index (χ0) is 13.1. The lowest BCUT2D eigenvalue weighted by Crippen LogP contribution is -2.48. The van der Waals surface area contributed by atoms with Crippen molar-refractivity contribution in [1.29, 1.82) is 0 Å². The summed E-state index contributed by atoms with van der Waals surface area (Å²) in [5.41, 5.74) is 0. The van der Waals surface area contributed by atoms with Crippen molar-refractivity contribution in [3.8, 4) is 0 Å². The van der Waals surface area contributed by atoms with Gasteiger partial charge in [0.05, 0.1) is 26.4 Å². The Balaban J connectivity index is 3.55. The molecule has 0 aromatic rings. The molecular weight excluding hydrogens is 232 g/mol. The minimum absolute atomic E-state index is 0.243. The van der Waals surface area contributed by atoms with E-state index >= 15 is 0 Å². The summed E-state index contributed by atoms with van der Waals surface area (Å²) in [6.45, 7) is 0.778. The Kier molecular flexibility index (Phi) is 9.02. The highest BCUT2D eigenvalue weighted by Gasteiger charge is 2.17. The molecule has 0 aromatic heterocycles. The van der Waals surface area contributed by atoms with E-state index in [1.807, 2.05) is 0 Å². The molecule has 0 bridgehead atoms. The van der Waals surface area contributed by atoms with Gasteiger partial charge in [-0.3, -0.25) is 0 Å². The summed E-state index contributed by atoms with van der Waals surface area (Å²) < 4.78 is 9.82. The van der Waals surface area contributed by atoms with Crippen LogP contribution in [-0.4, -0.2) is 68.3 Å². The summed E-state index contributed by atoms with van der Waals surface area (Å²) >= 11 is 0. The molecule has 0 saturated carbocycles. The maximum absolute atomic E-state index is 11.1. The number of carbonyl (C=O) groups excluding carboxylic acids is 1. The molecule has 2 amide bonds. The highest BCUT2D eigenvalue weighted by Crippen LogP contribution is 1.82. The van der Waals surface area contributed by atoms with E-state index in [9.17, 15) is 9.59 Å². The van der Waals surface area contributed by atoms with Gasteiger partial charge in [0.2, 0.25) is 0 Å². The Labute approximate surface area is 98.9 Å². The zero-order valence-corrected chi connectivity index (χ0v) is 9.64. The van der Waals surface area contributed by atoms with Gasteiger partial charge in [0.1, 0.15) is 0 Å². The van der Waals surface area contributed by atoms with Gasteiger partial charge in [-0.2, -0.15) is 0 Å². The molecule has 1 atom stereocenters. The van der Waals surface area contributed by atoms with E-state index in [0.717, 1.165) is 0 Å². The molecule has 8 heteroatoms. The molecule has 100 valence electrons. The van der Waals surface area contributed by atoms with Crippen LogP contribution in [0, 0.1) is 0 Å². The van der Waals surface area contributed by atoms with Crippen LogP contribution < -0.4 is 10.6 Å². The van der Waals surface area contributed by atoms with Gasteiger partial charge in [0, 0.05) is 13.7 Å². The van der Waals surface area contributed by atoms with Gasteiger partial charge in [-0.05, 0) is 0 Å². The minimum atomic E-state index is -1.30. The summed E-state index contributed by atoms with van der Waals surface area (Å²) in [6.07, 6.45) is 0. The van der Waals surface area contributed by atoms with E-state index in [2.05, 4.69) is 10.6 Å². The van der Waals surface area contributed by atoms with Crippen LogP contribution in [0.4, 0.5) is 4.79 Å². The maximum Gasteiger partial charge on any atom is 0.328 e. The lowest BCUT2D eigenvalue weighted by atomic mass is 10.3. The first-order chi connectivity index (χ1) is 8.11. The van der Waals surface area contributed by atoms with E-state index in [0.29, 0.717) is 19.8 Å². The lowest BCUT2D eigenvalue weighted by Gasteiger charge is -2.12. The molecule has 0 heterocycles. The van der Waals surface area contributed by atoms with Crippen molar-refractivity contribution in [3.63, 3.8) is 0 Å². The fourth-order valence-electron chi connectivity index (χ4n) is 0.876. The first-order valence-electron chi connectivity index (χ1n) is 5.06. The summed E-state index contributed by atoms with van der Waals surface area (Å²) in [5.74, 6) is -1.29. The first-order valence-corrected chi connectivity index (χ1v) is 5.06. The van der Waals surface area contributed by atoms with Crippen molar-refractivity contribution in [2.75, 3.05) is 40.1 Å². The van der Waals surface area contributed by atoms with Crippen molar-refractivity contribution in [1.82, 2.24) is 10.6 Å². The number of amides is 2. The highest BCUT2D eigenvalue weighted by atomic mass is 16.5. The van der Waals surface area contributed by atoms with Crippen molar-refractivity contribution >= 4 is 12.0 Å². The van der Waals surface area contributed by atoms with Gasteiger partial charge in [-0.1, -0.05) is 0 Å². The summed E-state index contributed by atoms with van der Waals surface area (Å²) in [7, 11) is 1.55. The van der Waals surface area contributed by atoms with E-state index in [1.165, 1.54) is 0 Å². The molecule has 0 aromatic carbocycles. The largest absolute Gasteiger partial charge is 0.480 e. The molecule has 4 N–H and O–H groups in total. The molecule has 1 unspecified atom stereocenters. The predicted octanol–water partition coefficient (Wildman–Crippen LogP) is -1.61. The van der Waals surface area contributed by atoms with Gasteiger partial charge in [-0.15, -0.1) is 0 Å². The number of hydrogen-bond donors (Lipinski definition) is 4. The summed E-state index contributed by atoms with van der Waals surface area (Å²) in [6, 6.07) is -1.97. The number of hydrogen-bond acceptors (Lipinski definition) is 5. The van der Waals surface area contributed by atoms with E-state index in [4.69, 9.17) is 19.7 Å². The number of nitrogens with one attached hydrogen (secondary N) is 2. The fourth-order valence-corrected chi connectivity index (χ4v) is 0.876. The number of methoxy groups -OCH3 is 1. The van der Waals surface area contributed by atoms with Crippen LogP contribution in [0.1, 0.15) is 0 Å². The van der Waals surface area contributed by atoms with Crippen molar-refractivity contribution < 1.29 is 29.3 Å². The number of ether oxygens (including phenoxy) is 2. The third kappa shape index (κ3) is 8.43. The average molecular weight is 250 g/mol. The molecule has 0 aliphatic carbocycles. The number of urea groups is 1. The van der Waals surface area contributed by atoms with Crippen LogP contribution in [-0.2, 0) is 14.3 Å². The maximum atomic E-state index is 11.1. The van der Waals surface area contributed by atoms with Crippen molar-refractivity contribution in [2.24, 2.45) is 0 Å². The van der Waals surface area contributed by atoms with Crippen LogP contribution in [0.3, 0.4) is 0 Å². The van der Waals surface area contributed by atoms with E-state index < -0.39 is 24.6 Å². The number of aliphatic carboxylic acids is 1. The fraction of sp³-hybridized carbons (Fsp3) is 0.778.